The van der Waals surface area contributed by atoms with Crippen LogP contribution in [0.15, 0.2) is 60.7 Å². The highest BCUT2D eigenvalue weighted by Crippen LogP contribution is 2.17. The zero-order valence-electron chi connectivity index (χ0n) is 19.5. The Hall–Kier alpha value is -4.01. The first-order valence-corrected chi connectivity index (χ1v) is 11.6. The number of carbonyl (C=O) groups excluding carboxylic acids is 3. The monoisotopic (exact) mass is 477 g/mol. The van der Waals surface area contributed by atoms with E-state index in [1.165, 1.54) is 18.2 Å². The van der Waals surface area contributed by atoms with Gasteiger partial charge in [0.15, 0.2) is 5.69 Å². The molecule has 0 spiro atoms. The van der Waals surface area contributed by atoms with E-state index in [-0.39, 0.29) is 42.3 Å². The molecule has 8 nitrogen and oxygen atoms in total. The molecule has 0 fully saturated rings. The van der Waals surface area contributed by atoms with E-state index in [1.807, 2.05) is 37.3 Å². The standard InChI is InChI=1S/C26H28FN5O3/c1-18(20-6-3-2-4-7-20)29-24(33)12-13-28-25(34)22-16-23-26(35)31(14-5-15-32(23)30-22)17-19-8-10-21(27)11-9-19/h2-4,6-11,16,18H,5,12-15,17H2,1H3,(H,28,34)(H,29,33)/t18-/m0/s1. The number of amides is 3. The number of carbonyl (C=O) groups is 3. The zero-order valence-corrected chi connectivity index (χ0v) is 19.5. The highest BCUT2D eigenvalue weighted by Gasteiger charge is 2.26. The van der Waals surface area contributed by atoms with E-state index in [4.69, 9.17) is 0 Å². The Kier molecular flexibility index (Phi) is 7.54. The Morgan fingerprint density at radius 2 is 1.83 bits per heavy atom. The van der Waals surface area contributed by atoms with E-state index in [9.17, 15) is 18.8 Å². The van der Waals surface area contributed by atoms with Crippen LogP contribution in [0.25, 0.3) is 0 Å². The second-order valence-electron chi connectivity index (χ2n) is 8.55. The van der Waals surface area contributed by atoms with Gasteiger partial charge in [-0.3, -0.25) is 19.1 Å². The van der Waals surface area contributed by atoms with E-state index < -0.39 is 5.91 Å². The normalized spacial score (nSPS) is 14.1. The van der Waals surface area contributed by atoms with Crippen LogP contribution < -0.4 is 10.6 Å². The van der Waals surface area contributed by atoms with Gasteiger partial charge in [-0.2, -0.15) is 5.10 Å². The van der Waals surface area contributed by atoms with Crippen molar-refractivity contribution in [2.75, 3.05) is 13.1 Å². The average molecular weight is 478 g/mol. The summed E-state index contributed by atoms with van der Waals surface area (Å²) in [5, 5.41) is 9.92. The van der Waals surface area contributed by atoms with Crippen LogP contribution in [0.5, 0.6) is 0 Å². The molecule has 2 aromatic carbocycles. The largest absolute Gasteiger partial charge is 0.350 e. The van der Waals surface area contributed by atoms with Crippen molar-refractivity contribution in [1.82, 2.24) is 25.3 Å². The highest BCUT2D eigenvalue weighted by molar-refractivity contribution is 5.98. The predicted octanol–water partition coefficient (Wildman–Crippen LogP) is 3.07. The fraction of sp³-hybridized carbons (Fsp3) is 0.308. The maximum atomic E-state index is 13.2. The summed E-state index contributed by atoms with van der Waals surface area (Å²) in [7, 11) is 0. The van der Waals surface area contributed by atoms with Gasteiger partial charge in [-0.1, -0.05) is 42.5 Å². The van der Waals surface area contributed by atoms with Crippen LogP contribution in [0.3, 0.4) is 0 Å². The molecule has 4 rings (SSSR count). The smallest absolute Gasteiger partial charge is 0.272 e. The number of hydrogen-bond acceptors (Lipinski definition) is 4. The number of aromatic nitrogens is 2. The molecule has 0 saturated carbocycles. The van der Waals surface area contributed by atoms with Gasteiger partial charge in [-0.15, -0.1) is 0 Å². The molecule has 0 radical (unpaired) electrons. The van der Waals surface area contributed by atoms with Crippen molar-refractivity contribution in [3.63, 3.8) is 0 Å². The summed E-state index contributed by atoms with van der Waals surface area (Å²) in [6.07, 6.45) is 0.809. The SMILES string of the molecule is C[C@H](NC(=O)CCNC(=O)c1cc2n(n1)CCCN(Cc1ccc(F)cc1)C2=O)c1ccccc1. The molecular formula is C26H28FN5O3. The van der Waals surface area contributed by atoms with Crippen LogP contribution in [0.1, 0.15) is 57.9 Å². The zero-order chi connectivity index (χ0) is 24.8. The van der Waals surface area contributed by atoms with Crippen molar-refractivity contribution in [2.45, 2.75) is 38.9 Å². The maximum absolute atomic E-state index is 13.2. The van der Waals surface area contributed by atoms with Crippen LogP contribution in [0.2, 0.25) is 0 Å². The molecule has 182 valence electrons. The lowest BCUT2D eigenvalue weighted by atomic mass is 10.1. The first-order valence-electron chi connectivity index (χ1n) is 11.6. The fourth-order valence-electron chi connectivity index (χ4n) is 4.03. The molecule has 1 aromatic heterocycles. The van der Waals surface area contributed by atoms with Crippen LogP contribution >= 0.6 is 0 Å². The van der Waals surface area contributed by atoms with Crippen molar-refractivity contribution in [3.8, 4) is 0 Å². The van der Waals surface area contributed by atoms with Gasteiger partial charge in [-0.05, 0) is 36.6 Å². The van der Waals surface area contributed by atoms with Gasteiger partial charge in [0, 0.05) is 38.7 Å². The van der Waals surface area contributed by atoms with E-state index in [0.29, 0.717) is 31.7 Å². The van der Waals surface area contributed by atoms with Crippen LogP contribution in [-0.2, 0) is 17.9 Å². The Balaban J connectivity index is 1.31. The second kappa shape index (κ2) is 10.9. The summed E-state index contributed by atoms with van der Waals surface area (Å²) in [6.45, 7) is 3.45. The van der Waals surface area contributed by atoms with Crippen molar-refractivity contribution in [2.24, 2.45) is 0 Å². The fourth-order valence-corrected chi connectivity index (χ4v) is 4.03. The molecule has 2 N–H and O–H groups in total. The van der Waals surface area contributed by atoms with Gasteiger partial charge in [0.05, 0.1) is 6.04 Å². The van der Waals surface area contributed by atoms with E-state index >= 15 is 0 Å². The number of nitrogens with one attached hydrogen (secondary N) is 2. The summed E-state index contributed by atoms with van der Waals surface area (Å²) in [6, 6.07) is 17.0. The first-order chi connectivity index (χ1) is 16.9. The van der Waals surface area contributed by atoms with E-state index in [2.05, 4.69) is 15.7 Å². The third kappa shape index (κ3) is 6.11. The summed E-state index contributed by atoms with van der Waals surface area (Å²) in [5.74, 6) is -1.17. The molecule has 35 heavy (non-hydrogen) atoms. The first kappa shape index (κ1) is 24.1. The molecular weight excluding hydrogens is 449 g/mol. The number of fused-ring (bicyclic) bond motifs is 1. The number of rotatable bonds is 8. The lowest BCUT2D eigenvalue weighted by Gasteiger charge is -2.20. The molecule has 1 atom stereocenters. The molecule has 1 aliphatic heterocycles. The Bertz CT molecular complexity index is 1190. The second-order valence-corrected chi connectivity index (χ2v) is 8.55. The lowest BCUT2D eigenvalue weighted by Crippen LogP contribution is -2.32. The molecule has 1 aliphatic rings. The van der Waals surface area contributed by atoms with Crippen LogP contribution in [0, 0.1) is 5.82 Å². The third-order valence-corrected chi connectivity index (χ3v) is 5.92. The lowest BCUT2D eigenvalue weighted by molar-refractivity contribution is -0.121. The van der Waals surface area contributed by atoms with Crippen molar-refractivity contribution >= 4 is 17.7 Å². The minimum atomic E-state index is -0.438. The van der Waals surface area contributed by atoms with Gasteiger partial charge in [0.25, 0.3) is 11.8 Å². The van der Waals surface area contributed by atoms with Crippen LogP contribution in [-0.4, -0.2) is 45.5 Å². The summed E-state index contributed by atoms with van der Waals surface area (Å²) in [5.41, 5.74) is 2.30. The number of nitrogens with zero attached hydrogens (tertiary/aromatic N) is 3. The average Bonchev–Trinajstić information content (AvgIpc) is 3.23. The van der Waals surface area contributed by atoms with Crippen molar-refractivity contribution in [1.29, 1.82) is 0 Å². The molecule has 0 saturated heterocycles. The van der Waals surface area contributed by atoms with Gasteiger partial charge in [0.2, 0.25) is 5.91 Å². The van der Waals surface area contributed by atoms with E-state index in [1.54, 1.807) is 21.7 Å². The van der Waals surface area contributed by atoms with Crippen LogP contribution in [0.4, 0.5) is 4.39 Å². The maximum Gasteiger partial charge on any atom is 0.272 e. The summed E-state index contributed by atoms with van der Waals surface area (Å²) < 4.78 is 14.7. The number of halogens is 1. The topological polar surface area (TPSA) is 96.3 Å². The Morgan fingerprint density at radius 1 is 1.09 bits per heavy atom. The summed E-state index contributed by atoms with van der Waals surface area (Å²) in [4.78, 5) is 39.6. The third-order valence-electron chi connectivity index (χ3n) is 5.92. The Labute approximate surface area is 203 Å². The van der Waals surface area contributed by atoms with Gasteiger partial charge < -0.3 is 15.5 Å². The van der Waals surface area contributed by atoms with Gasteiger partial charge in [0.1, 0.15) is 11.5 Å². The van der Waals surface area contributed by atoms with Crippen molar-refractivity contribution < 1.29 is 18.8 Å². The minimum Gasteiger partial charge on any atom is -0.350 e. The molecule has 3 amide bonds. The number of aryl methyl sites for hydroxylation is 1. The van der Waals surface area contributed by atoms with Crippen molar-refractivity contribution in [3.05, 3.63) is 89.0 Å². The molecule has 0 unspecified atom stereocenters. The predicted molar refractivity (Wildman–Crippen MR) is 128 cm³/mol. The highest BCUT2D eigenvalue weighted by atomic mass is 19.1. The molecule has 2 heterocycles. The molecule has 3 aromatic rings. The molecule has 0 aliphatic carbocycles. The molecule has 0 bridgehead atoms. The molecule has 9 heteroatoms. The Morgan fingerprint density at radius 3 is 2.57 bits per heavy atom. The number of benzene rings is 2. The summed E-state index contributed by atoms with van der Waals surface area (Å²) >= 11 is 0. The quantitative estimate of drug-likeness (QED) is 0.521. The minimum absolute atomic E-state index is 0.126. The van der Waals surface area contributed by atoms with Gasteiger partial charge >= 0.3 is 0 Å². The van der Waals surface area contributed by atoms with E-state index in [0.717, 1.165) is 11.1 Å². The van der Waals surface area contributed by atoms with Gasteiger partial charge in [-0.25, -0.2) is 4.39 Å². The number of hydrogen-bond donors (Lipinski definition) is 2.